The molecule has 0 bridgehead atoms. The molecule has 2 aliphatic rings. The number of hydrogen-bond acceptors (Lipinski definition) is 5. The van der Waals surface area contributed by atoms with Crippen LogP contribution in [0.4, 0.5) is 0 Å². The number of hydrogen-bond donors (Lipinski definition) is 2. The lowest BCUT2D eigenvalue weighted by Gasteiger charge is -2.26. The zero-order chi connectivity index (χ0) is 18.6. The highest BCUT2D eigenvalue weighted by Gasteiger charge is 2.27. The van der Waals surface area contributed by atoms with Crippen LogP contribution < -0.4 is 0 Å². The maximum absolute atomic E-state index is 13.0. The van der Waals surface area contributed by atoms with Crippen LogP contribution >= 0.6 is 0 Å². The van der Waals surface area contributed by atoms with Gasteiger partial charge in [-0.15, -0.1) is 0 Å². The zero-order valence-corrected chi connectivity index (χ0v) is 15.4. The number of amides is 1. The minimum absolute atomic E-state index is 0.0375. The van der Waals surface area contributed by atoms with Crippen molar-refractivity contribution in [2.24, 2.45) is 0 Å². The van der Waals surface area contributed by atoms with Gasteiger partial charge in [0.25, 0.3) is 5.91 Å². The second kappa shape index (κ2) is 8.10. The number of H-pyrrole nitrogens is 1. The molecule has 144 valence electrons. The molecule has 0 aliphatic carbocycles. The van der Waals surface area contributed by atoms with Crippen LogP contribution in [0.1, 0.15) is 29.8 Å². The molecule has 4 rings (SSSR count). The Labute approximate surface area is 158 Å². The molecule has 2 fully saturated rings. The lowest BCUT2D eigenvalue weighted by Crippen LogP contribution is -2.42. The van der Waals surface area contributed by atoms with Crippen molar-refractivity contribution >= 4 is 5.91 Å². The first kappa shape index (κ1) is 18.0. The predicted molar refractivity (Wildman–Crippen MR) is 102 cm³/mol. The number of phenols is 1. The Hall–Kier alpha value is -2.38. The summed E-state index contributed by atoms with van der Waals surface area (Å²) < 4.78 is 5.98. The van der Waals surface area contributed by atoms with Crippen LogP contribution in [0.2, 0.25) is 0 Å². The molecular formula is C20H26N4O3. The number of phenolic OH excluding ortho intramolecular Hbond substituents is 1. The molecule has 7 heteroatoms. The summed E-state index contributed by atoms with van der Waals surface area (Å²) in [4.78, 5) is 17.3. The second-order valence-electron chi connectivity index (χ2n) is 7.32. The Kier molecular flexibility index (Phi) is 5.40. The standard InChI is InChI=1S/C20H26N4O3/c25-16-6-4-15(5-7-16)18-12-19(22-21-18)20(26)24-10-3-11-27-17(14-24)13-23-8-1-2-9-23/h4-7,12,17,25H,1-3,8-11,13-14H2,(H,21,22). The third kappa shape index (κ3) is 4.31. The Morgan fingerprint density at radius 2 is 1.96 bits per heavy atom. The third-order valence-corrected chi connectivity index (χ3v) is 5.27. The van der Waals surface area contributed by atoms with Crippen molar-refractivity contribution in [3.05, 3.63) is 36.0 Å². The van der Waals surface area contributed by atoms with E-state index in [4.69, 9.17) is 4.74 Å². The van der Waals surface area contributed by atoms with Crippen molar-refractivity contribution in [1.82, 2.24) is 20.0 Å². The number of benzene rings is 1. The van der Waals surface area contributed by atoms with Crippen LogP contribution in [0.25, 0.3) is 11.3 Å². The van der Waals surface area contributed by atoms with Gasteiger partial charge in [0.15, 0.2) is 0 Å². The molecule has 2 N–H and O–H groups in total. The van der Waals surface area contributed by atoms with Gasteiger partial charge in [0.2, 0.25) is 0 Å². The zero-order valence-electron chi connectivity index (χ0n) is 15.4. The van der Waals surface area contributed by atoms with Crippen molar-refractivity contribution in [2.75, 3.05) is 39.3 Å². The van der Waals surface area contributed by atoms with Crippen molar-refractivity contribution in [3.8, 4) is 17.0 Å². The summed E-state index contributed by atoms with van der Waals surface area (Å²) in [6.45, 7) is 5.16. The SMILES string of the molecule is O=C(c1cc(-c2ccc(O)cc2)n[nH]1)N1CCCOC(CN2CCCC2)C1. The average molecular weight is 370 g/mol. The number of carbonyl (C=O) groups is 1. The summed E-state index contributed by atoms with van der Waals surface area (Å²) in [6, 6.07) is 8.56. The van der Waals surface area contributed by atoms with Gasteiger partial charge in [-0.1, -0.05) is 0 Å². The number of aromatic amines is 1. The number of nitrogens with zero attached hydrogens (tertiary/aromatic N) is 3. The molecule has 1 atom stereocenters. The molecule has 3 heterocycles. The molecule has 0 radical (unpaired) electrons. The maximum Gasteiger partial charge on any atom is 0.271 e. The third-order valence-electron chi connectivity index (χ3n) is 5.27. The number of carbonyl (C=O) groups excluding carboxylic acids is 1. The number of likely N-dealkylation sites (tertiary alicyclic amines) is 1. The number of aromatic nitrogens is 2. The van der Waals surface area contributed by atoms with E-state index in [0.29, 0.717) is 31.1 Å². The summed E-state index contributed by atoms with van der Waals surface area (Å²) in [7, 11) is 0. The largest absolute Gasteiger partial charge is 0.508 e. The first-order chi connectivity index (χ1) is 13.2. The molecule has 1 aromatic heterocycles. The Balaban J connectivity index is 1.43. The van der Waals surface area contributed by atoms with Crippen LogP contribution in [-0.2, 0) is 4.74 Å². The highest BCUT2D eigenvalue weighted by molar-refractivity contribution is 5.93. The highest BCUT2D eigenvalue weighted by Crippen LogP contribution is 2.21. The Morgan fingerprint density at radius 1 is 1.19 bits per heavy atom. The summed E-state index contributed by atoms with van der Waals surface area (Å²) in [5.41, 5.74) is 2.03. The van der Waals surface area contributed by atoms with Crippen LogP contribution in [-0.4, -0.2) is 76.4 Å². The van der Waals surface area contributed by atoms with E-state index in [1.165, 1.54) is 12.8 Å². The fraction of sp³-hybridized carbons (Fsp3) is 0.500. The van der Waals surface area contributed by atoms with E-state index in [-0.39, 0.29) is 17.8 Å². The second-order valence-corrected chi connectivity index (χ2v) is 7.32. The summed E-state index contributed by atoms with van der Waals surface area (Å²) in [5, 5.41) is 16.5. The molecule has 1 amide bonds. The van der Waals surface area contributed by atoms with Crippen molar-refractivity contribution in [2.45, 2.75) is 25.4 Å². The van der Waals surface area contributed by atoms with Gasteiger partial charge in [0.05, 0.1) is 11.8 Å². The molecule has 7 nitrogen and oxygen atoms in total. The monoisotopic (exact) mass is 370 g/mol. The normalized spacial score (nSPS) is 21.3. The van der Waals surface area contributed by atoms with E-state index in [1.54, 1.807) is 30.3 Å². The number of aromatic hydroxyl groups is 1. The van der Waals surface area contributed by atoms with Crippen molar-refractivity contribution < 1.29 is 14.6 Å². The van der Waals surface area contributed by atoms with E-state index in [1.807, 2.05) is 4.90 Å². The summed E-state index contributed by atoms with van der Waals surface area (Å²) >= 11 is 0. The predicted octanol–water partition coefficient (Wildman–Crippen LogP) is 2.11. The van der Waals surface area contributed by atoms with Gasteiger partial charge in [0.1, 0.15) is 11.4 Å². The van der Waals surface area contributed by atoms with Gasteiger partial charge in [-0.25, -0.2) is 0 Å². The van der Waals surface area contributed by atoms with Gasteiger partial charge in [-0.05, 0) is 62.7 Å². The van der Waals surface area contributed by atoms with Gasteiger partial charge in [-0.2, -0.15) is 5.10 Å². The lowest BCUT2D eigenvalue weighted by molar-refractivity contribution is 0.0296. The average Bonchev–Trinajstić information content (AvgIpc) is 3.31. The van der Waals surface area contributed by atoms with Crippen LogP contribution in [0, 0.1) is 0 Å². The smallest absolute Gasteiger partial charge is 0.271 e. The molecule has 1 aromatic carbocycles. The molecule has 2 aliphatic heterocycles. The fourth-order valence-corrected chi connectivity index (χ4v) is 3.82. The number of ether oxygens (including phenoxy) is 1. The molecular weight excluding hydrogens is 344 g/mol. The maximum atomic E-state index is 13.0. The lowest BCUT2D eigenvalue weighted by atomic mass is 10.1. The van der Waals surface area contributed by atoms with Crippen molar-refractivity contribution in [1.29, 1.82) is 0 Å². The summed E-state index contributed by atoms with van der Waals surface area (Å²) in [6.07, 6.45) is 3.42. The molecule has 2 aromatic rings. The molecule has 0 spiro atoms. The number of rotatable bonds is 4. The van der Waals surface area contributed by atoms with Crippen LogP contribution in [0.5, 0.6) is 5.75 Å². The van der Waals surface area contributed by atoms with Crippen molar-refractivity contribution in [3.63, 3.8) is 0 Å². The highest BCUT2D eigenvalue weighted by atomic mass is 16.5. The van der Waals surface area contributed by atoms with Gasteiger partial charge >= 0.3 is 0 Å². The van der Waals surface area contributed by atoms with E-state index in [9.17, 15) is 9.90 Å². The quantitative estimate of drug-likeness (QED) is 0.861. The van der Waals surface area contributed by atoms with E-state index in [2.05, 4.69) is 15.1 Å². The number of nitrogens with one attached hydrogen (secondary N) is 1. The van der Waals surface area contributed by atoms with Crippen LogP contribution in [0.3, 0.4) is 0 Å². The van der Waals surface area contributed by atoms with E-state index in [0.717, 1.165) is 31.6 Å². The summed E-state index contributed by atoms with van der Waals surface area (Å²) in [5.74, 6) is 0.170. The molecule has 1 unspecified atom stereocenters. The molecule has 27 heavy (non-hydrogen) atoms. The minimum atomic E-state index is -0.0375. The van der Waals surface area contributed by atoms with Gasteiger partial charge < -0.3 is 19.6 Å². The minimum Gasteiger partial charge on any atom is -0.508 e. The first-order valence-electron chi connectivity index (χ1n) is 9.67. The van der Waals surface area contributed by atoms with E-state index >= 15 is 0 Å². The van der Waals surface area contributed by atoms with Gasteiger partial charge in [-0.3, -0.25) is 9.89 Å². The fourth-order valence-electron chi connectivity index (χ4n) is 3.82. The van der Waals surface area contributed by atoms with Gasteiger partial charge in [0, 0.05) is 31.8 Å². The first-order valence-corrected chi connectivity index (χ1v) is 9.67. The topological polar surface area (TPSA) is 81.7 Å². The Morgan fingerprint density at radius 3 is 2.74 bits per heavy atom. The van der Waals surface area contributed by atoms with Crippen LogP contribution in [0.15, 0.2) is 30.3 Å². The Bertz CT molecular complexity index is 768. The molecule has 0 saturated carbocycles. The molecule has 2 saturated heterocycles. The van der Waals surface area contributed by atoms with E-state index < -0.39 is 0 Å².